The molecule has 4 rings (SSSR count). The van der Waals surface area contributed by atoms with Gasteiger partial charge in [-0.15, -0.1) is 0 Å². The molecule has 37 heavy (non-hydrogen) atoms. The highest BCUT2D eigenvalue weighted by Crippen LogP contribution is 2.41. The molecule has 2 unspecified atom stereocenters. The van der Waals surface area contributed by atoms with Gasteiger partial charge in [0.2, 0.25) is 0 Å². The number of nitrogens with zero attached hydrogens (tertiary/aromatic N) is 2. The lowest BCUT2D eigenvalue weighted by Crippen LogP contribution is -2.41. The van der Waals surface area contributed by atoms with E-state index in [0.29, 0.717) is 22.3 Å². The van der Waals surface area contributed by atoms with E-state index >= 15 is 4.39 Å². The molecule has 194 valence electrons. The molecule has 3 N–H and O–H groups in total. The van der Waals surface area contributed by atoms with Crippen LogP contribution in [0.25, 0.3) is 11.1 Å². The number of halogens is 1. The zero-order chi connectivity index (χ0) is 27.0. The number of amides is 1. The zero-order valence-corrected chi connectivity index (χ0v) is 21.2. The van der Waals surface area contributed by atoms with E-state index in [4.69, 9.17) is 15.2 Å². The molecule has 0 fully saturated rings. The first-order valence-electron chi connectivity index (χ1n) is 11.2. The van der Waals surface area contributed by atoms with Crippen molar-refractivity contribution in [2.75, 3.05) is 27.0 Å². The van der Waals surface area contributed by atoms with Crippen LogP contribution in [-0.4, -0.2) is 56.8 Å². The molecule has 0 aliphatic carbocycles. The summed E-state index contributed by atoms with van der Waals surface area (Å²) in [7, 11) is -0.0723. The van der Waals surface area contributed by atoms with Gasteiger partial charge in [0.05, 0.1) is 13.2 Å². The molecular formula is C26H26FN3O6S. The van der Waals surface area contributed by atoms with Gasteiger partial charge in [0, 0.05) is 19.7 Å². The monoisotopic (exact) mass is 527 g/mol. The number of methoxy groups -OCH3 is 2. The smallest absolute Gasteiger partial charge is 0.267 e. The third-order valence-corrected chi connectivity index (χ3v) is 7.09. The van der Waals surface area contributed by atoms with Gasteiger partial charge in [0.25, 0.3) is 16.0 Å². The van der Waals surface area contributed by atoms with Crippen LogP contribution in [0.3, 0.4) is 0 Å². The van der Waals surface area contributed by atoms with Crippen molar-refractivity contribution in [1.82, 2.24) is 4.90 Å². The normalized spacial score (nSPS) is 18.6. The first-order valence-corrected chi connectivity index (χ1v) is 12.8. The average Bonchev–Trinajstić information content (AvgIpc) is 3.11. The summed E-state index contributed by atoms with van der Waals surface area (Å²) in [5.41, 5.74) is 6.69. The van der Waals surface area contributed by atoms with Crippen LogP contribution in [0.15, 0.2) is 71.7 Å². The summed E-state index contributed by atoms with van der Waals surface area (Å²) < 4.78 is 57.4. The molecule has 3 aromatic rings. The maximum absolute atomic E-state index is 15.0. The SMILES string of the molecule is COc1cccc(-c2cccc(C3(c4ccc(C(CS(=O)(=O)O)OC)cc4)N=C(N)N(C)C3=O)c2)c1F. The zero-order valence-electron chi connectivity index (χ0n) is 20.4. The van der Waals surface area contributed by atoms with E-state index in [1.54, 1.807) is 60.7 Å². The molecule has 3 aromatic carbocycles. The first kappa shape index (κ1) is 26.3. The van der Waals surface area contributed by atoms with Gasteiger partial charge in [-0.2, -0.15) is 8.42 Å². The highest BCUT2D eigenvalue weighted by molar-refractivity contribution is 7.85. The Morgan fingerprint density at radius 2 is 1.76 bits per heavy atom. The number of benzene rings is 3. The van der Waals surface area contributed by atoms with Crippen LogP contribution in [0, 0.1) is 5.82 Å². The number of aliphatic imine (C=N–C) groups is 1. The van der Waals surface area contributed by atoms with Gasteiger partial charge in [-0.05, 0) is 34.4 Å². The molecule has 1 heterocycles. The summed E-state index contributed by atoms with van der Waals surface area (Å²) in [6.07, 6.45) is -0.921. The lowest BCUT2D eigenvalue weighted by Gasteiger charge is -2.27. The third kappa shape index (κ3) is 4.80. The molecule has 1 aliphatic heterocycles. The van der Waals surface area contributed by atoms with Crippen LogP contribution in [-0.2, 0) is 25.2 Å². The number of carbonyl (C=O) groups is 1. The summed E-state index contributed by atoms with van der Waals surface area (Å²) in [5, 5.41) is 0. The predicted molar refractivity (Wildman–Crippen MR) is 136 cm³/mol. The molecule has 0 radical (unpaired) electrons. The minimum atomic E-state index is -4.29. The molecule has 0 spiro atoms. The Morgan fingerprint density at radius 3 is 2.32 bits per heavy atom. The number of rotatable bonds is 8. The standard InChI is InChI=1S/C26H26FN3O6S/c1-30-24(31)26(29-25(30)28,18-12-10-16(11-13-18)22(36-3)15-37(32,33)34)19-7-4-6-17(14-19)20-8-5-9-21(35-2)23(20)27/h4-14,22H,15H2,1-3H3,(H2,28,29)(H,32,33,34). The number of hydrogen-bond acceptors (Lipinski definition) is 7. The van der Waals surface area contributed by atoms with Crippen molar-refractivity contribution in [3.05, 3.63) is 89.2 Å². The van der Waals surface area contributed by atoms with Crippen LogP contribution < -0.4 is 10.5 Å². The Bertz CT molecular complexity index is 1480. The van der Waals surface area contributed by atoms with Gasteiger partial charge in [-0.1, -0.05) is 54.6 Å². The summed E-state index contributed by atoms with van der Waals surface area (Å²) >= 11 is 0. The molecule has 2 atom stereocenters. The molecule has 0 bridgehead atoms. The van der Waals surface area contributed by atoms with Crippen LogP contribution in [0.5, 0.6) is 5.75 Å². The van der Waals surface area contributed by atoms with Gasteiger partial charge in [0.15, 0.2) is 23.1 Å². The first-order chi connectivity index (χ1) is 17.5. The number of ether oxygens (including phenoxy) is 2. The lowest BCUT2D eigenvalue weighted by atomic mass is 9.81. The van der Waals surface area contributed by atoms with Gasteiger partial charge < -0.3 is 15.2 Å². The van der Waals surface area contributed by atoms with Crippen molar-refractivity contribution in [3.8, 4) is 16.9 Å². The number of hydrogen-bond donors (Lipinski definition) is 2. The highest BCUT2D eigenvalue weighted by atomic mass is 32.2. The van der Waals surface area contributed by atoms with E-state index in [0.717, 1.165) is 0 Å². The van der Waals surface area contributed by atoms with Crippen molar-refractivity contribution in [2.24, 2.45) is 10.7 Å². The van der Waals surface area contributed by atoms with Gasteiger partial charge in [0.1, 0.15) is 5.75 Å². The van der Waals surface area contributed by atoms with Crippen molar-refractivity contribution in [2.45, 2.75) is 11.6 Å². The minimum absolute atomic E-state index is 0.00758. The predicted octanol–water partition coefficient (Wildman–Crippen LogP) is 3.11. The second-order valence-electron chi connectivity index (χ2n) is 8.54. The largest absolute Gasteiger partial charge is 0.494 e. The number of carbonyl (C=O) groups excluding carboxylic acids is 1. The summed E-state index contributed by atoms with van der Waals surface area (Å²) in [6, 6.07) is 18.0. The highest BCUT2D eigenvalue weighted by Gasteiger charge is 2.49. The number of nitrogens with two attached hydrogens (primary N) is 1. The summed E-state index contributed by atoms with van der Waals surface area (Å²) in [5.74, 6) is -1.49. The van der Waals surface area contributed by atoms with Crippen molar-refractivity contribution < 1.29 is 31.6 Å². The van der Waals surface area contributed by atoms with E-state index in [1.807, 2.05) is 0 Å². The number of likely N-dealkylation sites (N-methyl/N-ethyl adjacent to an activating group) is 1. The molecule has 9 nitrogen and oxygen atoms in total. The number of guanidine groups is 1. The Labute approximate surface area is 214 Å². The molecule has 0 aromatic heterocycles. The maximum atomic E-state index is 15.0. The molecular weight excluding hydrogens is 501 g/mol. The second kappa shape index (κ2) is 9.92. The topological polar surface area (TPSA) is 132 Å². The van der Waals surface area contributed by atoms with Crippen molar-refractivity contribution in [1.29, 1.82) is 0 Å². The van der Waals surface area contributed by atoms with E-state index in [9.17, 15) is 17.8 Å². The van der Waals surface area contributed by atoms with Crippen LogP contribution in [0.4, 0.5) is 4.39 Å². The van der Waals surface area contributed by atoms with E-state index in [1.165, 1.54) is 32.2 Å². The van der Waals surface area contributed by atoms with Gasteiger partial charge in [-0.3, -0.25) is 14.2 Å². The fraction of sp³-hybridized carbons (Fsp3) is 0.231. The molecule has 11 heteroatoms. The lowest BCUT2D eigenvalue weighted by molar-refractivity contribution is -0.129. The van der Waals surface area contributed by atoms with Crippen LogP contribution in [0.1, 0.15) is 22.8 Å². The summed E-state index contributed by atoms with van der Waals surface area (Å²) in [4.78, 5) is 19.4. The fourth-order valence-corrected chi connectivity index (χ4v) is 5.13. The Kier molecular flexibility index (Phi) is 7.05. The van der Waals surface area contributed by atoms with Crippen LogP contribution in [0.2, 0.25) is 0 Å². The van der Waals surface area contributed by atoms with Crippen molar-refractivity contribution in [3.63, 3.8) is 0 Å². The molecule has 1 aliphatic rings. The second-order valence-corrected chi connectivity index (χ2v) is 10.0. The maximum Gasteiger partial charge on any atom is 0.267 e. The fourth-order valence-electron chi connectivity index (χ4n) is 4.42. The third-order valence-electron chi connectivity index (χ3n) is 6.36. The minimum Gasteiger partial charge on any atom is -0.494 e. The Morgan fingerprint density at radius 1 is 1.08 bits per heavy atom. The Hall–Kier alpha value is -3.80. The van der Waals surface area contributed by atoms with Gasteiger partial charge >= 0.3 is 0 Å². The van der Waals surface area contributed by atoms with E-state index in [2.05, 4.69) is 4.99 Å². The van der Waals surface area contributed by atoms with Gasteiger partial charge in [-0.25, -0.2) is 9.38 Å². The van der Waals surface area contributed by atoms with Crippen LogP contribution >= 0.6 is 0 Å². The van der Waals surface area contributed by atoms with Crippen molar-refractivity contribution >= 4 is 22.0 Å². The summed E-state index contributed by atoms with van der Waals surface area (Å²) in [6.45, 7) is 0. The quantitative estimate of drug-likeness (QED) is 0.430. The molecule has 0 saturated carbocycles. The Balaban J connectivity index is 1.85. The van der Waals surface area contributed by atoms with E-state index < -0.39 is 39.2 Å². The molecule has 1 amide bonds. The molecule has 0 saturated heterocycles. The average molecular weight is 528 g/mol. The van der Waals surface area contributed by atoms with E-state index in [-0.39, 0.29) is 17.3 Å².